The molecule has 0 aromatic rings. The number of hydrogen-bond acceptors (Lipinski definition) is 3. The fraction of sp³-hybridized carbons (Fsp3) is 0.667. The molecule has 0 aromatic heterocycles. The molecule has 0 rings (SSSR count). The van der Waals surface area contributed by atoms with Crippen LogP contribution in [0.3, 0.4) is 0 Å². The maximum atomic E-state index is 11.6. The Morgan fingerprint density at radius 3 is 2.04 bits per heavy atom. The van der Waals surface area contributed by atoms with Crippen LogP contribution in [0.1, 0.15) is 71.6 Å². The minimum Gasteiger partial charge on any atom is -0.356 e. The van der Waals surface area contributed by atoms with Gasteiger partial charge in [0, 0.05) is 13.0 Å². The molecular weight excluding hydrogens is 346 g/mol. The molecule has 144 valence electrons. The average Bonchev–Trinajstić information content (AvgIpc) is 2.58. The van der Waals surface area contributed by atoms with Gasteiger partial charge in [-0.1, -0.05) is 68.6 Å². The van der Waals surface area contributed by atoms with Crippen molar-refractivity contribution >= 4 is 15.7 Å². The lowest BCUT2D eigenvalue weighted by atomic mass is 10.1. The first kappa shape index (κ1) is 24.1. The lowest BCUT2D eigenvalue weighted by Crippen LogP contribution is -2.30. The van der Waals surface area contributed by atoms with E-state index in [2.05, 4.69) is 47.8 Å². The second-order valence-electron chi connectivity index (χ2n) is 5.92. The highest BCUT2D eigenvalue weighted by Gasteiger charge is 2.14. The lowest BCUT2D eigenvalue weighted by Gasteiger charge is -2.00. The number of carbonyl (C=O) groups is 1. The summed E-state index contributed by atoms with van der Waals surface area (Å²) >= 11 is 0. The van der Waals surface area contributed by atoms with Gasteiger partial charge in [-0.25, -0.2) is 8.42 Å². The van der Waals surface area contributed by atoms with Gasteiger partial charge >= 0.3 is 0 Å². The van der Waals surface area contributed by atoms with E-state index in [0.29, 0.717) is 19.4 Å². The van der Waals surface area contributed by atoms with Gasteiger partial charge in [0.2, 0.25) is 5.91 Å². The number of hydrogen-bond donors (Lipinski definition) is 1. The van der Waals surface area contributed by atoms with Crippen LogP contribution in [-0.2, 0) is 14.6 Å². The SMILES string of the molecule is CCCCCCCCC#CCC#CCC#CCS(=O)(=O)CC(=O)NCC. The number of nitrogens with one attached hydrogen (secondary N) is 1. The van der Waals surface area contributed by atoms with Gasteiger partial charge in [-0.05, 0) is 13.3 Å². The van der Waals surface area contributed by atoms with Crippen molar-refractivity contribution in [3.8, 4) is 35.5 Å². The van der Waals surface area contributed by atoms with E-state index in [9.17, 15) is 13.2 Å². The Balaban J connectivity index is 3.83. The summed E-state index contributed by atoms with van der Waals surface area (Å²) in [5, 5.41) is 2.45. The van der Waals surface area contributed by atoms with Crippen LogP contribution >= 0.6 is 0 Å². The lowest BCUT2D eigenvalue weighted by molar-refractivity contribution is -0.118. The van der Waals surface area contributed by atoms with E-state index in [1.165, 1.54) is 32.1 Å². The van der Waals surface area contributed by atoms with Crippen molar-refractivity contribution in [2.75, 3.05) is 18.1 Å². The van der Waals surface area contributed by atoms with Crippen LogP contribution in [-0.4, -0.2) is 32.4 Å². The zero-order chi connectivity index (χ0) is 19.5. The Morgan fingerprint density at radius 1 is 0.808 bits per heavy atom. The predicted octanol–water partition coefficient (Wildman–Crippen LogP) is 3.08. The number of unbranched alkanes of at least 4 members (excludes halogenated alkanes) is 6. The Bertz CT molecular complexity index is 676. The Morgan fingerprint density at radius 2 is 1.38 bits per heavy atom. The molecule has 0 spiro atoms. The maximum Gasteiger partial charge on any atom is 0.235 e. The Hall–Kier alpha value is -1.90. The van der Waals surface area contributed by atoms with Crippen molar-refractivity contribution in [1.82, 2.24) is 5.32 Å². The molecule has 0 atom stereocenters. The summed E-state index contributed by atoms with van der Waals surface area (Å²) in [7, 11) is -3.48. The normalized spacial score (nSPS) is 9.77. The molecule has 5 heteroatoms. The van der Waals surface area contributed by atoms with E-state index < -0.39 is 21.5 Å². The van der Waals surface area contributed by atoms with Gasteiger partial charge in [-0.3, -0.25) is 4.79 Å². The summed E-state index contributed by atoms with van der Waals surface area (Å²) < 4.78 is 23.3. The summed E-state index contributed by atoms with van der Waals surface area (Å²) in [6.45, 7) is 4.37. The first-order valence-electron chi connectivity index (χ1n) is 9.36. The molecule has 0 unspecified atom stereocenters. The molecule has 0 aliphatic rings. The molecule has 0 aliphatic carbocycles. The fourth-order valence-corrected chi connectivity index (χ4v) is 3.01. The standard InChI is InChI=1S/C21H31NO3S/c1-3-5-6-7-8-9-10-11-12-13-14-15-16-17-18-19-26(24,25)20-21(23)22-4-2/h3-10,13,16,19-20H2,1-2H3,(H,22,23). The molecular formula is C21H31NO3S. The van der Waals surface area contributed by atoms with E-state index in [4.69, 9.17) is 0 Å². The van der Waals surface area contributed by atoms with Gasteiger partial charge in [-0.2, -0.15) is 0 Å². The minimum atomic E-state index is -3.48. The molecule has 0 aliphatic heterocycles. The van der Waals surface area contributed by atoms with Crippen molar-refractivity contribution in [1.29, 1.82) is 0 Å². The van der Waals surface area contributed by atoms with Gasteiger partial charge in [0.1, 0.15) is 11.5 Å². The predicted molar refractivity (Wildman–Crippen MR) is 108 cm³/mol. The Labute approximate surface area is 159 Å². The summed E-state index contributed by atoms with van der Waals surface area (Å²) in [4.78, 5) is 11.2. The molecule has 0 radical (unpaired) electrons. The summed E-state index contributed by atoms with van der Waals surface area (Å²) in [6.07, 6.45) is 9.38. The third-order valence-corrected chi connectivity index (χ3v) is 4.69. The molecule has 26 heavy (non-hydrogen) atoms. The smallest absolute Gasteiger partial charge is 0.235 e. The van der Waals surface area contributed by atoms with Crippen molar-refractivity contribution in [3.63, 3.8) is 0 Å². The van der Waals surface area contributed by atoms with Crippen LogP contribution in [0.25, 0.3) is 0 Å². The van der Waals surface area contributed by atoms with Gasteiger partial charge in [0.25, 0.3) is 0 Å². The number of sulfone groups is 1. The highest BCUT2D eigenvalue weighted by molar-refractivity contribution is 7.92. The van der Waals surface area contributed by atoms with Crippen molar-refractivity contribution in [3.05, 3.63) is 0 Å². The quantitative estimate of drug-likeness (QED) is 0.470. The summed E-state index contributed by atoms with van der Waals surface area (Å²) in [5.41, 5.74) is 0. The van der Waals surface area contributed by atoms with Crippen molar-refractivity contribution in [2.24, 2.45) is 0 Å². The molecule has 1 N–H and O–H groups in total. The van der Waals surface area contributed by atoms with Crippen LogP contribution in [0.4, 0.5) is 0 Å². The molecule has 0 aromatic carbocycles. The van der Waals surface area contributed by atoms with E-state index in [-0.39, 0.29) is 5.75 Å². The minimum absolute atomic E-state index is 0.315. The first-order valence-corrected chi connectivity index (χ1v) is 11.2. The largest absolute Gasteiger partial charge is 0.356 e. The molecule has 0 heterocycles. The Kier molecular flexibility index (Phi) is 15.4. The topological polar surface area (TPSA) is 63.2 Å². The molecule has 0 bridgehead atoms. The summed E-state index contributed by atoms with van der Waals surface area (Å²) in [5.74, 6) is 15.8. The van der Waals surface area contributed by atoms with Crippen molar-refractivity contribution in [2.45, 2.75) is 71.6 Å². The number of carbonyl (C=O) groups excluding carboxylic acids is 1. The van der Waals surface area contributed by atoms with E-state index >= 15 is 0 Å². The third kappa shape index (κ3) is 16.9. The van der Waals surface area contributed by atoms with Gasteiger partial charge < -0.3 is 5.32 Å². The van der Waals surface area contributed by atoms with E-state index in [0.717, 1.165) is 12.8 Å². The average molecular weight is 378 g/mol. The molecule has 0 saturated carbocycles. The van der Waals surface area contributed by atoms with Crippen LogP contribution in [0.2, 0.25) is 0 Å². The second-order valence-corrected chi connectivity index (χ2v) is 7.98. The highest BCUT2D eigenvalue weighted by atomic mass is 32.2. The zero-order valence-corrected chi connectivity index (χ0v) is 16.9. The highest BCUT2D eigenvalue weighted by Crippen LogP contribution is 2.06. The molecule has 4 nitrogen and oxygen atoms in total. The van der Waals surface area contributed by atoms with Gasteiger partial charge in [0.15, 0.2) is 9.84 Å². The zero-order valence-electron chi connectivity index (χ0n) is 16.1. The van der Waals surface area contributed by atoms with E-state index in [1.807, 2.05) is 0 Å². The monoisotopic (exact) mass is 377 g/mol. The van der Waals surface area contributed by atoms with Gasteiger partial charge in [-0.15, -0.1) is 5.92 Å². The maximum absolute atomic E-state index is 11.6. The molecule has 1 amide bonds. The second kappa shape index (κ2) is 16.6. The van der Waals surface area contributed by atoms with Crippen LogP contribution in [0.5, 0.6) is 0 Å². The van der Waals surface area contributed by atoms with E-state index in [1.54, 1.807) is 6.92 Å². The van der Waals surface area contributed by atoms with Crippen LogP contribution in [0.15, 0.2) is 0 Å². The van der Waals surface area contributed by atoms with Gasteiger partial charge in [0.05, 0.1) is 12.8 Å². The fourth-order valence-electron chi connectivity index (χ4n) is 2.08. The number of rotatable bonds is 10. The van der Waals surface area contributed by atoms with Crippen molar-refractivity contribution < 1.29 is 13.2 Å². The number of amides is 1. The molecule has 0 saturated heterocycles. The third-order valence-electron chi connectivity index (χ3n) is 3.40. The molecule has 0 fully saturated rings. The van der Waals surface area contributed by atoms with Crippen LogP contribution in [0, 0.1) is 35.5 Å². The van der Waals surface area contributed by atoms with Crippen LogP contribution < -0.4 is 5.32 Å². The first-order chi connectivity index (χ1) is 12.5. The summed E-state index contributed by atoms with van der Waals surface area (Å²) in [6, 6.07) is 0.